The van der Waals surface area contributed by atoms with E-state index in [9.17, 15) is 4.79 Å². The summed E-state index contributed by atoms with van der Waals surface area (Å²) < 4.78 is 5.88. The molecule has 0 bridgehead atoms. The molecule has 0 saturated heterocycles. The van der Waals surface area contributed by atoms with Gasteiger partial charge in [-0.25, -0.2) is 4.98 Å². The third kappa shape index (κ3) is 4.99. The predicted octanol–water partition coefficient (Wildman–Crippen LogP) is 4.97. The molecule has 0 aliphatic heterocycles. The highest BCUT2D eigenvalue weighted by atomic mass is 16.5. The number of nitrogen functional groups attached to an aromatic ring is 2. The van der Waals surface area contributed by atoms with Gasteiger partial charge in [-0.1, -0.05) is 30.3 Å². The molecule has 1 aromatic heterocycles. The molecule has 1 fully saturated rings. The van der Waals surface area contributed by atoms with Crippen molar-refractivity contribution in [2.24, 2.45) is 5.73 Å². The van der Waals surface area contributed by atoms with Gasteiger partial charge in [-0.15, -0.1) is 0 Å². The molecule has 7 heteroatoms. The smallest absolute Gasteiger partial charge is 0.251 e. The minimum Gasteiger partial charge on any atom is -0.457 e. The topological polar surface area (TPSA) is 127 Å². The Bertz CT molecular complexity index is 1400. The molecule has 174 valence electrons. The molecule has 1 heterocycles. The van der Waals surface area contributed by atoms with E-state index in [0.717, 1.165) is 29.7 Å². The first-order valence-electron chi connectivity index (χ1n) is 11.4. The number of hydrogen-bond donors (Lipinski definition) is 4. The van der Waals surface area contributed by atoms with Crippen LogP contribution in [0.3, 0.4) is 0 Å². The molecule has 0 unspecified atom stereocenters. The average Bonchev–Trinajstić information content (AvgIpc) is 3.68. The SMILES string of the molecule is N=C(N)c1c(N)cc(-c2cccc(C(=O)NC3CC3)c2)nc1-c1ccc(Oc2ccccc2)cc1. The van der Waals surface area contributed by atoms with Gasteiger partial charge in [0.25, 0.3) is 5.91 Å². The fourth-order valence-corrected chi connectivity index (χ4v) is 3.83. The summed E-state index contributed by atoms with van der Waals surface area (Å²) in [5, 5.41) is 11.1. The molecule has 1 aliphatic carbocycles. The maximum absolute atomic E-state index is 12.5. The first-order chi connectivity index (χ1) is 17.0. The molecule has 0 radical (unpaired) electrons. The minimum absolute atomic E-state index is 0.100. The number of para-hydroxylation sites is 1. The number of ether oxygens (including phenoxy) is 1. The maximum atomic E-state index is 12.5. The van der Waals surface area contributed by atoms with Crippen LogP contribution in [0, 0.1) is 5.41 Å². The second-order valence-corrected chi connectivity index (χ2v) is 8.50. The lowest BCUT2D eigenvalue weighted by molar-refractivity contribution is 0.0951. The lowest BCUT2D eigenvalue weighted by Crippen LogP contribution is -2.25. The highest BCUT2D eigenvalue weighted by Gasteiger charge is 2.24. The van der Waals surface area contributed by atoms with Crippen molar-refractivity contribution in [2.75, 3.05) is 5.73 Å². The van der Waals surface area contributed by atoms with Crippen LogP contribution < -0.4 is 21.5 Å². The van der Waals surface area contributed by atoms with Crippen molar-refractivity contribution in [2.45, 2.75) is 18.9 Å². The number of nitrogens with one attached hydrogen (secondary N) is 2. The number of carbonyl (C=O) groups is 1. The average molecular weight is 464 g/mol. The number of benzene rings is 3. The van der Waals surface area contributed by atoms with E-state index in [2.05, 4.69) is 5.32 Å². The zero-order chi connectivity index (χ0) is 24.4. The molecule has 3 aromatic carbocycles. The number of amidine groups is 1. The van der Waals surface area contributed by atoms with Crippen LogP contribution in [-0.2, 0) is 0 Å². The zero-order valence-electron chi connectivity index (χ0n) is 19.0. The molecule has 0 spiro atoms. The van der Waals surface area contributed by atoms with Gasteiger partial charge in [-0.3, -0.25) is 10.2 Å². The van der Waals surface area contributed by atoms with Crippen molar-refractivity contribution < 1.29 is 9.53 Å². The summed E-state index contributed by atoms with van der Waals surface area (Å²) in [6.07, 6.45) is 2.04. The summed E-state index contributed by atoms with van der Waals surface area (Å²) in [6, 6.07) is 26.1. The highest BCUT2D eigenvalue weighted by molar-refractivity contribution is 6.06. The molecule has 1 aliphatic rings. The number of amides is 1. The van der Waals surface area contributed by atoms with Crippen LogP contribution in [0.1, 0.15) is 28.8 Å². The van der Waals surface area contributed by atoms with E-state index in [1.165, 1.54) is 0 Å². The Morgan fingerprint density at radius 2 is 1.63 bits per heavy atom. The van der Waals surface area contributed by atoms with E-state index in [1.54, 1.807) is 18.2 Å². The summed E-state index contributed by atoms with van der Waals surface area (Å²) >= 11 is 0. The van der Waals surface area contributed by atoms with Crippen LogP contribution in [0.25, 0.3) is 22.5 Å². The molecule has 7 nitrogen and oxygen atoms in total. The Kier molecular flexibility index (Phi) is 5.89. The summed E-state index contributed by atoms with van der Waals surface area (Å²) in [5.41, 5.74) is 16.1. The van der Waals surface area contributed by atoms with Crippen molar-refractivity contribution in [1.29, 1.82) is 5.41 Å². The van der Waals surface area contributed by atoms with Crippen molar-refractivity contribution >= 4 is 17.4 Å². The third-order valence-corrected chi connectivity index (χ3v) is 5.76. The van der Waals surface area contributed by atoms with Crippen molar-refractivity contribution in [3.8, 4) is 34.0 Å². The molecule has 5 rings (SSSR count). The van der Waals surface area contributed by atoms with Crippen molar-refractivity contribution in [1.82, 2.24) is 10.3 Å². The van der Waals surface area contributed by atoms with Crippen LogP contribution in [0.15, 0.2) is 84.9 Å². The first kappa shape index (κ1) is 22.2. The number of nitrogens with two attached hydrogens (primary N) is 2. The van der Waals surface area contributed by atoms with Gasteiger partial charge in [0.15, 0.2) is 0 Å². The summed E-state index contributed by atoms with van der Waals surface area (Å²) in [4.78, 5) is 17.3. The molecule has 35 heavy (non-hydrogen) atoms. The van der Waals surface area contributed by atoms with Gasteiger partial charge in [0.1, 0.15) is 17.3 Å². The van der Waals surface area contributed by atoms with Gasteiger partial charge in [-0.2, -0.15) is 0 Å². The largest absolute Gasteiger partial charge is 0.457 e. The van der Waals surface area contributed by atoms with E-state index in [-0.39, 0.29) is 17.8 Å². The fourth-order valence-electron chi connectivity index (χ4n) is 3.83. The Morgan fingerprint density at radius 3 is 2.31 bits per heavy atom. The number of hydrogen-bond acceptors (Lipinski definition) is 5. The van der Waals surface area contributed by atoms with E-state index < -0.39 is 0 Å². The van der Waals surface area contributed by atoms with E-state index in [0.29, 0.717) is 34.0 Å². The van der Waals surface area contributed by atoms with E-state index >= 15 is 0 Å². The Morgan fingerprint density at radius 1 is 0.914 bits per heavy atom. The summed E-state index contributed by atoms with van der Waals surface area (Å²) in [6.45, 7) is 0. The number of pyridine rings is 1. The van der Waals surface area contributed by atoms with Crippen LogP contribution >= 0.6 is 0 Å². The molecule has 4 aromatic rings. The van der Waals surface area contributed by atoms with Gasteiger partial charge < -0.3 is 21.5 Å². The number of carbonyl (C=O) groups excluding carboxylic acids is 1. The molecule has 0 atom stereocenters. The van der Waals surface area contributed by atoms with Gasteiger partial charge in [0, 0.05) is 28.4 Å². The van der Waals surface area contributed by atoms with E-state index in [4.69, 9.17) is 26.6 Å². The van der Waals surface area contributed by atoms with Crippen LogP contribution in [0.5, 0.6) is 11.5 Å². The van der Waals surface area contributed by atoms with Gasteiger partial charge in [0.05, 0.1) is 17.0 Å². The molecule has 1 saturated carbocycles. The van der Waals surface area contributed by atoms with E-state index in [1.807, 2.05) is 66.7 Å². The van der Waals surface area contributed by atoms with Gasteiger partial charge in [-0.05, 0) is 67.4 Å². The van der Waals surface area contributed by atoms with Crippen molar-refractivity contribution in [3.05, 3.63) is 96.1 Å². The molecular weight excluding hydrogens is 438 g/mol. The minimum atomic E-state index is -0.168. The second kappa shape index (κ2) is 9.30. The number of anilines is 1. The monoisotopic (exact) mass is 463 g/mol. The Hall–Kier alpha value is -4.65. The number of nitrogens with zero attached hydrogens (tertiary/aromatic N) is 1. The Balaban J connectivity index is 1.50. The van der Waals surface area contributed by atoms with Gasteiger partial charge in [0.2, 0.25) is 0 Å². The maximum Gasteiger partial charge on any atom is 0.251 e. The third-order valence-electron chi connectivity index (χ3n) is 5.76. The van der Waals surface area contributed by atoms with Crippen LogP contribution in [0.4, 0.5) is 5.69 Å². The normalized spacial score (nSPS) is 12.7. The summed E-state index contributed by atoms with van der Waals surface area (Å²) in [5.74, 6) is 1.14. The lowest BCUT2D eigenvalue weighted by Gasteiger charge is -2.14. The quantitative estimate of drug-likeness (QED) is 0.227. The zero-order valence-corrected chi connectivity index (χ0v) is 19.0. The first-order valence-corrected chi connectivity index (χ1v) is 11.4. The van der Waals surface area contributed by atoms with Gasteiger partial charge >= 0.3 is 0 Å². The standard InChI is InChI=1S/C28H25N5O2/c29-23-16-24(18-5-4-6-19(15-18)28(34)32-20-11-12-20)33-26(25(23)27(30)31)17-9-13-22(14-10-17)35-21-7-2-1-3-8-21/h1-10,13-16,20H,11-12H2,(H2,29,33)(H3,30,31)(H,32,34). The van der Waals surface area contributed by atoms with Crippen LogP contribution in [-0.4, -0.2) is 22.8 Å². The van der Waals surface area contributed by atoms with Crippen molar-refractivity contribution in [3.63, 3.8) is 0 Å². The lowest BCUT2D eigenvalue weighted by atomic mass is 10.00. The predicted molar refractivity (Wildman–Crippen MR) is 138 cm³/mol. The highest BCUT2D eigenvalue weighted by Crippen LogP contribution is 2.32. The fraction of sp³-hybridized carbons (Fsp3) is 0.107. The molecule has 6 N–H and O–H groups in total. The molecular formula is C28H25N5O2. The second-order valence-electron chi connectivity index (χ2n) is 8.50. The molecule has 1 amide bonds. The number of aromatic nitrogens is 1. The number of rotatable bonds is 7. The van der Waals surface area contributed by atoms with Crippen LogP contribution in [0.2, 0.25) is 0 Å². The Labute approximate surface area is 203 Å². The summed E-state index contributed by atoms with van der Waals surface area (Å²) in [7, 11) is 0.